The lowest BCUT2D eigenvalue weighted by Crippen LogP contribution is -2.47. The van der Waals surface area contributed by atoms with Gasteiger partial charge in [0.05, 0.1) is 5.56 Å². The van der Waals surface area contributed by atoms with E-state index >= 15 is 0 Å². The summed E-state index contributed by atoms with van der Waals surface area (Å²) in [6.45, 7) is 3.53. The molecule has 2 amide bonds. The number of carbonyl (C=O) groups excluding carboxylic acids is 2. The quantitative estimate of drug-likeness (QED) is 0.864. The summed E-state index contributed by atoms with van der Waals surface area (Å²) in [5, 5.41) is 3.30. The highest BCUT2D eigenvalue weighted by atomic mass is 16.2. The van der Waals surface area contributed by atoms with E-state index in [4.69, 9.17) is 0 Å². The van der Waals surface area contributed by atoms with Crippen molar-refractivity contribution in [1.82, 2.24) is 10.2 Å². The molecule has 28 heavy (non-hydrogen) atoms. The van der Waals surface area contributed by atoms with Gasteiger partial charge in [0, 0.05) is 43.8 Å². The molecule has 2 saturated heterocycles. The predicted octanol–water partition coefficient (Wildman–Crippen LogP) is 3.59. The molecule has 0 aromatic heterocycles. The lowest BCUT2D eigenvalue weighted by atomic mass is 9.88. The molecule has 4 rings (SSSR count). The average Bonchev–Trinajstić information content (AvgIpc) is 3.29. The van der Waals surface area contributed by atoms with E-state index in [1.807, 2.05) is 23.1 Å². The second kappa shape index (κ2) is 8.97. The third-order valence-electron chi connectivity index (χ3n) is 6.69. The van der Waals surface area contributed by atoms with Gasteiger partial charge in [-0.05, 0) is 50.7 Å². The number of hydrogen-bond acceptors (Lipinski definition) is 3. The zero-order valence-electron chi connectivity index (χ0n) is 16.9. The molecule has 0 atom stereocenters. The van der Waals surface area contributed by atoms with E-state index in [1.165, 1.54) is 19.3 Å². The highest BCUT2D eigenvalue weighted by molar-refractivity contribution is 6.00. The Morgan fingerprint density at radius 1 is 0.821 bits per heavy atom. The summed E-state index contributed by atoms with van der Waals surface area (Å²) in [5.41, 5.74) is 1.88. The number of nitrogens with zero attached hydrogens (tertiary/aromatic N) is 2. The largest absolute Gasteiger partial charge is 0.371 e. The number of hydrogen-bond donors (Lipinski definition) is 1. The molecule has 2 aliphatic heterocycles. The van der Waals surface area contributed by atoms with Gasteiger partial charge in [0.15, 0.2) is 0 Å². The van der Waals surface area contributed by atoms with Crippen molar-refractivity contribution in [3.05, 3.63) is 29.8 Å². The first-order valence-corrected chi connectivity index (χ1v) is 11.2. The fraction of sp³-hybridized carbons (Fsp3) is 0.652. The van der Waals surface area contributed by atoms with E-state index in [0.29, 0.717) is 0 Å². The zero-order valence-corrected chi connectivity index (χ0v) is 16.9. The van der Waals surface area contributed by atoms with Crippen LogP contribution < -0.4 is 10.2 Å². The Morgan fingerprint density at radius 3 is 2.21 bits per heavy atom. The molecule has 152 valence electrons. The molecule has 3 fully saturated rings. The van der Waals surface area contributed by atoms with Crippen LogP contribution in [0.2, 0.25) is 0 Å². The van der Waals surface area contributed by atoms with Gasteiger partial charge in [-0.1, -0.05) is 31.4 Å². The molecule has 0 unspecified atom stereocenters. The molecule has 0 bridgehead atoms. The minimum absolute atomic E-state index is 0.167. The summed E-state index contributed by atoms with van der Waals surface area (Å²) in [6.07, 6.45) is 9.89. The lowest BCUT2D eigenvalue weighted by Gasteiger charge is -2.36. The highest BCUT2D eigenvalue weighted by Crippen LogP contribution is 2.28. The second-order valence-corrected chi connectivity index (χ2v) is 8.62. The lowest BCUT2D eigenvalue weighted by molar-refractivity contribution is -0.126. The molecule has 5 nitrogen and oxygen atoms in total. The van der Waals surface area contributed by atoms with Crippen LogP contribution >= 0.6 is 0 Å². The monoisotopic (exact) mass is 383 g/mol. The van der Waals surface area contributed by atoms with Crippen molar-refractivity contribution in [2.24, 2.45) is 5.92 Å². The van der Waals surface area contributed by atoms with E-state index in [1.54, 1.807) is 0 Å². The summed E-state index contributed by atoms with van der Waals surface area (Å²) in [7, 11) is 0. The number of carbonyl (C=O) groups is 2. The van der Waals surface area contributed by atoms with Crippen LogP contribution in [-0.4, -0.2) is 48.9 Å². The number of piperidine rings is 1. The SMILES string of the molecule is O=C(NC1CCN(c2ccccc2C(=O)N2CCCC2)CC1)C1CCCCC1. The Morgan fingerprint density at radius 2 is 1.50 bits per heavy atom. The molecular formula is C23H33N3O2. The summed E-state index contributed by atoms with van der Waals surface area (Å²) in [4.78, 5) is 29.8. The number of para-hydroxylation sites is 1. The van der Waals surface area contributed by atoms with Crippen molar-refractivity contribution >= 4 is 17.5 Å². The van der Waals surface area contributed by atoms with E-state index in [-0.39, 0.29) is 23.8 Å². The number of amides is 2. The first-order chi connectivity index (χ1) is 13.7. The van der Waals surface area contributed by atoms with Crippen LogP contribution in [0.4, 0.5) is 5.69 Å². The average molecular weight is 384 g/mol. The minimum Gasteiger partial charge on any atom is -0.371 e. The number of rotatable bonds is 4. The Labute approximate surface area is 168 Å². The van der Waals surface area contributed by atoms with Crippen molar-refractivity contribution in [2.75, 3.05) is 31.1 Å². The molecule has 0 radical (unpaired) electrons. The maximum Gasteiger partial charge on any atom is 0.255 e. The number of benzene rings is 1. The topological polar surface area (TPSA) is 52.7 Å². The van der Waals surface area contributed by atoms with Crippen LogP contribution in [0.25, 0.3) is 0 Å². The third kappa shape index (κ3) is 4.34. The Kier molecular flexibility index (Phi) is 6.18. The Balaban J connectivity index is 1.35. The van der Waals surface area contributed by atoms with Gasteiger partial charge in [0.2, 0.25) is 5.91 Å². The maximum absolute atomic E-state index is 12.9. The molecule has 1 aromatic carbocycles. The first kappa shape index (κ1) is 19.3. The summed E-state index contributed by atoms with van der Waals surface area (Å²) < 4.78 is 0. The van der Waals surface area contributed by atoms with Gasteiger partial charge in [0.25, 0.3) is 5.91 Å². The van der Waals surface area contributed by atoms with Crippen molar-refractivity contribution in [2.45, 2.75) is 63.8 Å². The molecular weight excluding hydrogens is 350 g/mol. The molecule has 1 N–H and O–H groups in total. The Bertz CT molecular complexity index is 685. The Hall–Kier alpha value is -2.04. The van der Waals surface area contributed by atoms with E-state index in [2.05, 4.69) is 16.3 Å². The fourth-order valence-electron chi connectivity index (χ4n) is 4.97. The van der Waals surface area contributed by atoms with Crippen LogP contribution in [0.3, 0.4) is 0 Å². The standard InChI is InChI=1S/C23H33N3O2/c27-22(18-8-2-1-3-9-18)24-19-12-16-25(17-13-19)21-11-5-4-10-20(21)23(28)26-14-6-7-15-26/h4-5,10-11,18-19H,1-3,6-9,12-17H2,(H,24,27). The molecule has 1 aliphatic carbocycles. The van der Waals surface area contributed by atoms with Gasteiger partial charge in [0.1, 0.15) is 0 Å². The van der Waals surface area contributed by atoms with Crippen molar-refractivity contribution in [1.29, 1.82) is 0 Å². The van der Waals surface area contributed by atoms with Crippen molar-refractivity contribution < 1.29 is 9.59 Å². The van der Waals surface area contributed by atoms with E-state index < -0.39 is 0 Å². The zero-order chi connectivity index (χ0) is 19.3. The summed E-state index contributed by atoms with van der Waals surface area (Å²) in [6, 6.07) is 8.29. The summed E-state index contributed by atoms with van der Waals surface area (Å²) in [5.74, 6) is 0.661. The highest BCUT2D eigenvalue weighted by Gasteiger charge is 2.28. The normalized spacial score (nSPS) is 21.7. The van der Waals surface area contributed by atoms with Crippen LogP contribution in [0, 0.1) is 5.92 Å². The number of likely N-dealkylation sites (tertiary alicyclic amines) is 1. The van der Waals surface area contributed by atoms with Gasteiger partial charge in [-0.25, -0.2) is 0 Å². The number of anilines is 1. The molecule has 1 aromatic rings. The molecule has 2 heterocycles. The van der Waals surface area contributed by atoms with Gasteiger partial charge in [-0.3, -0.25) is 9.59 Å². The second-order valence-electron chi connectivity index (χ2n) is 8.62. The van der Waals surface area contributed by atoms with Crippen LogP contribution in [0.5, 0.6) is 0 Å². The minimum atomic E-state index is 0.167. The van der Waals surface area contributed by atoms with Crippen molar-refractivity contribution in [3.63, 3.8) is 0 Å². The van der Waals surface area contributed by atoms with E-state index in [9.17, 15) is 9.59 Å². The van der Waals surface area contributed by atoms with Crippen LogP contribution in [-0.2, 0) is 4.79 Å². The fourth-order valence-corrected chi connectivity index (χ4v) is 4.97. The maximum atomic E-state index is 12.9. The number of nitrogens with one attached hydrogen (secondary N) is 1. The predicted molar refractivity (Wildman–Crippen MR) is 112 cm³/mol. The van der Waals surface area contributed by atoms with Crippen molar-refractivity contribution in [3.8, 4) is 0 Å². The molecule has 3 aliphatic rings. The molecule has 0 spiro atoms. The van der Waals surface area contributed by atoms with Gasteiger partial charge in [-0.15, -0.1) is 0 Å². The summed E-state index contributed by atoms with van der Waals surface area (Å²) >= 11 is 0. The van der Waals surface area contributed by atoms with Gasteiger partial charge >= 0.3 is 0 Å². The van der Waals surface area contributed by atoms with Crippen LogP contribution in [0.1, 0.15) is 68.1 Å². The smallest absolute Gasteiger partial charge is 0.255 e. The third-order valence-corrected chi connectivity index (χ3v) is 6.69. The molecule has 5 heteroatoms. The van der Waals surface area contributed by atoms with Gasteiger partial charge in [-0.2, -0.15) is 0 Å². The molecule has 1 saturated carbocycles. The van der Waals surface area contributed by atoms with Gasteiger partial charge < -0.3 is 15.1 Å². The van der Waals surface area contributed by atoms with E-state index in [0.717, 1.165) is 76.0 Å². The van der Waals surface area contributed by atoms with Crippen LogP contribution in [0.15, 0.2) is 24.3 Å². The first-order valence-electron chi connectivity index (χ1n) is 11.2.